The summed E-state index contributed by atoms with van der Waals surface area (Å²) in [7, 11) is 0. The first-order chi connectivity index (χ1) is 18.3. The average molecular weight is 549 g/mol. The number of carbonyl (C=O) groups is 2. The number of phenolic OH excluding ortho intramolecular Hbond substituents is 1. The highest BCUT2D eigenvalue weighted by Crippen LogP contribution is 2.39. The molecule has 1 saturated carbocycles. The Morgan fingerprint density at radius 3 is 2.45 bits per heavy atom. The molecule has 0 spiro atoms. The van der Waals surface area contributed by atoms with Crippen molar-refractivity contribution in [1.29, 1.82) is 0 Å². The van der Waals surface area contributed by atoms with Gasteiger partial charge in [-0.15, -0.1) is 0 Å². The van der Waals surface area contributed by atoms with Crippen LogP contribution in [-0.4, -0.2) is 26.8 Å². The second-order valence-corrected chi connectivity index (χ2v) is 10.2. The first-order valence-corrected chi connectivity index (χ1v) is 13.1. The van der Waals surface area contributed by atoms with Gasteiger partial charge in [0, 0.05) is 23.7 Å². The van der Waals surface area contributed by atoms with E-state index < -0.39 is 5.91 Å². The smallest absolute Gasteiger partial charge is 0.342 e. The first-order valence-electron chi connectivity index (χ1n) is 12.3. The van der Waals surface area contributed by atoms with Gasteiger partial charge in [0.2, 0.25) is 0 Å². The third-order valence-electron chi connectivity index (χ3n) is 6.70. The number of nitrogens with zero attached hydrogens (tertiary/aromatic N) is 2. The SMILES string of the molecule is Cc1cccc(CNC(=O)n2nc(-c3cc(NC(=O)c4c(Cl)cccc4Cl)ccc3O)cc2C2CCC2)c1. The Bertz CT molecular complexity index is 1510. The molecule has 0 radical (unpaired) electrons. The molecular formula is C29H26Cl2N4O3. The van der Waals surface area contributed by atoms with Gasteiger partial charge in [-0.2, -0.15) is 9.78 Å². The summed E-state index contributed by atoms with van der Waals surface area (Å²) in [6, 6.07) is 18.9. The molecule has 0 aliphatic heterocycles. The molecule has 1 aliphatic carbocycles. The van der Waals surface area contributed by atoms with Gasteiger partial charge in [0.25, 0.3) is 5.91 Å². The van der Waals surface area contributed by atoms with Crippen LogP contribution in [0.4, 0.5) is 10.5 Å². The van der Waals surface area contributed by atoms with Gasteiger partial charge in [-0.3, -0.25) is 4.79 Å². The van der Waals surface area contributed by atoms with Gasteiger partial charge >= 0.3 is 6.03 Å². The van der Waals surface area contributed by atoms with E-state index in [-0.39, 0.29) is 33.3 Å². The minimum atomic E-state index is -0.478. The number of aromatic nitrogens is 2. The van der Waals surface area contributed by atoms with E-state index >= 15 is 0 Å². The van der Waals surface area contributed by atoms with E-state index in [4.69, 9.17) is 23.2 Å². The molecular weight excluding hydrogens is 523 g/mol. The van der Waals surface area contributed by atoms with Gasteiger partial charge < -0.3 is 15.7 Å². The van der Waals surface area contributed by atoms with Gasteiger partial charge in [0.1, 0.15) is 5.75 Å². The van der Waals surface area contributed by atoms with Crippen LogP contribution in [0.5, 0.6) is 5.75 Å². The molecule has 7 nitrogen and oxygen atoms in total. The van der Waals surface area contributed by atoms with Crippen molar-refractivity contribution >= 4 is 40.8 Å². The summed E-state index contributed by atoms with van der Waals surface area (Å²) in [4.78, 5) is 26.0. The van der Waals surface area contributed by atoms with E-state index in [1.807, 2.05) is 37.3 Å². The molecule has 9 heteroatoms. The Balaban J connectivity index is 1.42. The zero-order chi connectivity index (χ0) is 26.8. The number of amides is 2. The lowest BCUT2D eigenvalue weighted by Crippen LogP contribution is -2.31. The first kappa shape index (κ1) is 25.8. The lowest BCUT2D eigenvalue weighted by Gasteiger charge is -2.25. The molecule has 38 heavy (non-hydrogen) atoms. The minimum Gasteiger partial charge on any atom is -0.507 e. The maximum Gasteiger partial charge on any atom is 0.342 e. The fourth-order valence-corrected chi connectivity index (χ4v) is 5.06. The van der Waals surface area contributed by atoms with Crippen molar-refractivity contribution < 1.29 is 14.7 Å². The lowest BCUT2D eigenvalue weighted by molar-refractivity contribution is 0.102. The second-order valence-electron chi connectivity index (χ2n) is 9.42. The molecule has 0 saturated heterocycles. The molecule has 2 amide bonds. The molecule has 5 rings (SSSR count). The Morgan fingerprint density at radius 1 is 1.03 bits per heavy atom. The molecule has 1 heterocycles. The zero-order valence-electron chi connectivity index (χ0n) is 20.7. The molecule has 194 valence electrons. The van der Waals surface area contributed by atoms with Gasteiger partial charge in [0.05, 0.1) is 27.0 Å². The van der Waals surface area contributed by atoms with Crippen LogP contribution in [0.25, 0.3) is 11.3 Å². The van der Waals surface area contributed by atoms with Crippen LogP contribution in [0.3, 0.4) is 0 Å². The molecule has 0 atom stereocenters. The Labute approximate surface area is 230 Å². The maximum absolute atomic E-state index is 13.2. The van der Waals surface area contributed by atoms with Gasteiger partial charge in [-0.1, -0.05) is 65.5 Å². The predicted octanol–water partition coefficient (Wildman–Crippen LogP) is 7.15. The normalized spacial score (nSPS) is 13.1. The van der Waals surface area contributed by atoms with Crippen LogP contribution in [0.1, 0.15) is 52.4 Å². The maximum atomic E-state index is 13.2. The van der Waals surface area contributed by atoms with Crippen LogP contribution in [0.15, 0.2) is 66.7 Å². The van der Waals surface area contributed by atoms with Crippen molar-refractivity contribution in [2.75, 3.05) is 5.32 Å². The molecule has 1 aliphatic rings. The third kappa shape index (κ3) is 5.39. The Hall–Kier alpha value is -3.81. The number of nitrogens with one attached hydrogen (secondary N) is 2. The number of aryl methyl sites for hydroxylation is 1. The largest absolute Gasteiger partial charge is 0.507 e. The third-order valence-corrected chi connectivity index (χ3v) is 7.33. The predicted molar refractivity (Wildman–Crippen MR) is 149 cm³/mol. The number of anilines is 1. The van der Waals surface area contributed by atoms with Gasteiger partial charge in [-0.05, 0) is 61.7 Å². The van der Waals surface area contributed by atoms with Crippen molar-refractivity contribution in [1.82, 2.24) is 15.1 Å². The standard InChI is InChI=1S/C29H26Cl2N4O3/c1-17-5-2-6-18(13-17)16-32-29(38)35-25(19-7-3-8-19)15-24(34-35)21-14-20(11-12-26(21)36)33-28(37)27-22(30)9-4-10-23(27)31/h2,4-6,9-15,19,36H,3,7-8,16H2,1H3,(H,32,38)(H,33,37). The number of benzene rings is 3. The number of hydrogen-bond acceptors (Lipinski definition) is 4. The molecule has 3 N–H and O–H groups in total. The molecule has 1 aromatic heterocycles. The quantitative estimate of drug-likeness (QED) is 0.223. The summed E-state index contributed by atoms with van der Waals surface area (Å²) in [5.74, 6) is -0.287. The number of halogens is 2. The molecule has 3 aromatic carbocycles. The Kier molecular flexibility index (Phi) is 7.40. The average Bonchev–Trinajstić information content (AvgIpc) is 3.27. The van der Waals surface area contributed by atoms with Crippen molar-refractivity contribution in [3.8, 4) is 17.0 Å². The molecule has 0 unspecified atom stereocenters. The summed E-state index contributed by atoms with van der Waals surface area (Å²) in [5, 5.41) is 21.4. The van der Waals surface area contributed by atoms with Crippen molar-refractivity contribution in [2.45, 2.75) is 38.6 Å². The highest BCUT2D eigenvalue weighted by molar-refractivity contribution is 6.40. The van der Waals surface area contributed by atoms with Crippen molar-refractivity contribution in [3.63, 3.8) is 0 Å². The highest BCUT2D eigenvalue weighted by atomic mass is 35.5. The van der Waals surface area contributed by atoms with Crippen LogP contribution >= 0.6 is 23.2 Å². The monoisotopic (exact) mass is 548 g/mol. The van der Waals surface area contributed by atoms with Crippen LogP contribution in [0, 0.1) is 6.92 Å². The van der Waals surface area contributed by atoms with Crippen molar-refractivity contribution in [3.05, 3.63) is 99.2 Å². The topological polar surface area (TPSA) is 96.3 Å². The van der Waals surface area contributed by atoms with Gasteiger partial charge in [0.15, 0.2) is 0 Å². The molecule has 4 aromatic rings. The number of rotatable bonds is 6. The summed E-state index contributed by atoms with van der Waals surface area (Å²) < 4.78 is 1.39. The fourth-order valence-electron chi connectivity index (χ4n) is 4.49. The highest BCUT2D eigenvalue weighted by Gasteiger charge is 2.28. The number of hydrogen-bond donors (Lipinski definition) is 3. The molecule has 1 fully saturated rings. The molecule has 0 bridgehead atoms. The summed E-state index contributed by atoms with van der Waals surface area (Å²) in [6.07, 6.45) is 3.03. The van der Waals surface area contributed by atoms with Crippen LogP contribution in [0.2, 0.25) is 10.0 Å². The summed E-state index contributed by atoms with van der Waals surface area (Å²) in [5.41, 5.74) is 4.31. The van der Waals surface area contributed by atoms with Gasteiger partial charge in [-0.25, -0.2) is 4.79 Å². The Morgan fingerprint density at radius 2 is 1.76 bits per heavy atom. The number of phenols is 1. The van der Waals surface area contributed by atoms with E-state index in [9.17, 15) is 14.7 Å². The zero-order valence-corrected chi connectivity index (χ0v) is 22.2. The van der Waals surface area contributed by atoms with E-state index in [2.05, 4.69) is 15.7 Å². The summed E-state index contributed by atoms with van der Waals surface area (Å²) >= 11 is 12.4. The van der Waals surface area contributed by atoms with Crippen molar-refractivity contribution in [2.24, 2.45) is 0 Å². The van der Waals surface area contributed by atoms with E-state index in [0.29, 0.717) is 23.5 Å². The minimum absolute atomic E-state index is 0.0243. The fraction of sp³-hybridized carbons (Fsp3) is 0.207. The van der Waals surface area contributed by atoms with Crippen LogP contribution in [-0.2, 0) is 6.54 Å². The van der Waals surface area contributed by atoms with Crippen LogP contribution < -0.4 is 10.6 Å². The number of aromatic hydroxyl groups is 1. The summed E-state index contributed by atoms with van der Waals surface area (Å²) in [6.45, 7) is 2.38. The lowest BCUT2D eigenvalue weighted by atomic mass is 9.82. The second kappa shape index (κ2) is 10.9. The van der Waals surface area contributed by atoms with E-state index in [1.54, 1.807) is 30.3 Å². The van der Waals surface area contributed by atoms with E-state index in [1.165, 1.54) is 10.7 Å². The number of carbonyl (C=O) groups excluding carboxylic acids is 2. The van der Waals surface area contributed by atoms with E-state index in [0.717, 1.165) is 36.1 Å².